The molecule has 134 valence electrons. The maximum Gasteiger partial charge on any atom is 0.248 e. The summed E-state index contributed by atoms with van der Waals surface area (Å²) in [5, 5.41) is 3.93. The van der Waals surface area contributed by atoms with Crippen molar-refractivity contribution in [1.82, 2.24) is 0 Å². The summed E-state index contributed by atoms with van der Waals surface area (Å²) in [6, 6.07) is 11.6. The third-order valence-electron chi connectivity index (χ3n) is 4.20. The molecular formula is C21H21NO3S. The molecule has 26 heavy (non-hydrogen) atoms. The molecule has 1 aromatic heterocycles. The summed E-state index contributed by atoms with van der Waals surface area (Å²) in [7, 11) is 1.61. The molecule has 0 aliphatic carbocycles. The van der Waals surface area contributed by atoms with E-state index < -0.39 is 0 Å². The first kappa shape index (κ1) is 18.1. The maximum absolute atomic E-state index is 12.4. The van der Waals surface area contributed by atoms with Crippen LogP contribution >= 0.6 is 11.8 Å². The van der Waals surface area contributed by atoms with Crippen LogP contribution in [0.5, 0.6) is 5.75 Å². The van der Waals surface area contributed by atoms with E-state index in [2.05, 4.69) is 5.32 Å². The molecule has 3 aromatic rings. The number of furan rings is 1. The summed E-state index contributed by atoms with van der Waals surface area (Å²) in [5.74, 6) is 0.504. The Morgan fingerprint density at radius 2 is 2.08 bits per heavy atom. The zero-order chi connectivity index (χ0) is 18.7. The third-order valence-corrected chi connectivity index (χ3v) is 4.92. The number of carbonyl (C=O) groups excluding carboxylic acids is 1. The first-order valence-corrected chi connectivity index (χ1v) is 9.44. The van der Waals surface area contributed by atoms with Crippen LogP contribution in [-0.2, 0) is 4.79 Å². The molecule has 0 atom stereocenters. The van der Waals surface area contributed by atoms with Crippen LogP contribution in [0.3, 0.4) is 0 Å². The van der Waals surface area contributed by atoms with Crippen LogP contribution in [0.2, 0.25) is 0 Å². The van der Waals surface area contributed by atoms with Crippen LogP contribution < -0.4 is 10.1 Å². The Morgan fingerprint density at radius 1 is 1.27 bits per heavy atom. The largest absolute Gasteiger partial charge is 0.496 e. The Labute approximate surface area is 157 Å². The van der Waals surface area contributed by atoms with Gasteiger partial charge in [0.15, 0.2) is 0 Å². The van der Waals surface area contributed by atoms with Crippen molar-refractivity contribution in [2.75, 3.05) is 18.7 Å². The quantitative estimate of drug-likeness (QED) is 0.477. The molecule has 5 heteroatoms. The van der Waals surface area contributed by atoms with Crippen molar-refractivity contribution >= 4 is 39.9 Å². The van der Waals surface area contributed by atoms with Crippen molar-refractivity contribution in [3.8, 4) is 5.75 Å². The Hall–Kier alpha value is -2.66. The molecule has 2 aromatic carbocycles. The Balaban J connectivity index is 1.89. The molecule has 1 heterocycles. The number of thioether (sulfide) groups is 1. The highest BCUT2D eigenvalue weighted by atomic mass is 32.2. The van der Waals surface area contributed by atoms with Gasteiger partial charge in [-0.3, -0.25) is 4.79 Å². The average molecular weight is 367 g/mol. The molecule has 1 N–H and O–H groups in total. The molecule has 0 aliphatic heterocycles. The summed E-state index contributed by atoms with van der Waals surface area (Å²) in [6.45, 7) is 3.89. The second kappa shape index (κ2) is 7.70. The molecule has 3 rings (SSSR count). The van der Waals surface area contributed by atoms with E-state index in [0.717, 1.165) is 38.3 Å². The zero-order valence-electron chi connectivity index (χ0n) is 15.3. The number of carbonyl (C=O) groups is 1. The van der Waals surface area contributed by atoms with Gasteiger partial charge in [-0.05, 0) is 55.5 Å². The van der Waals surface area contributed by atoms with Crippen LogP contribution in [0.1, 0.15) is 18.1 Å². The third kappa shape index (κ3) is 3.78. The summed E-state index contributed by atoms with van der Waals surface area (Å²) in [5.41, 5.74) is 4.30. The lowest BCUT2D eigenvalue weighted by atomic mass is 10.0. The lowest BCUT2D eigenvalue weighted by Crippen LogP contribution is -2.08. The van der Waals surface area contributed by atoms with Crippen LogP contribution in [-0.4, -0.2) is 19.3 Å². The molecule has 0 radical (unpaired) electrons. The lowest BCUT2D eigenvalue weighted by molar-refractivity contribution is -0.111. The molecule has 4 nitrogen and oxygen atoms in total. The summed E-state index contributed by atoms with van der Waals surface area (Å²) in [6.07, 6.45) is 5.31. The summed E-state index contributed by atoms with van der Waals surface area (Å²) in [4.78, 5) is 13.5. The van der Waals surface area contributed by atoms with Gasteiger partial charge in [0.25, 0.3) is 0 Å². The number of allylic oxidation sites excluding steroid dienone is 1. The maximum atomic E-state index is 12.4. The fourth-order valence-corrected chi connectivity index (χ4v) is 3.27. The molecule has 0 unspecified atom stereocenters. The standard InChI is InChI=1S/C21H21NO3S/c1-13(8-21(23)22-15-6-5-7-16(9-15)26-4)17-10-18-14(2)12-25-20(18)11-19(17)24-3/h5-12H,1-4H3,(H,22,23)/b13-8+. The molecule has 0 fully saturated rings. The van der Waals surface area contributed by atoms with Gasteiger partial charge in [0.05, 0.1) is 13.4 Å². The van der Waals surface area contributed by atoms with Gasteiger partial charge in [-0.25, -0.2) is 0 Å². The van der Waals surface area contributed by atoms with E-state index in [0.29, 0.717) is 5.75 Å². The number of hydrogen-bond donors (Lipinski definition) is 1. The van der Waals surface area contributed by atoms with E-state index in [1.807, 2.05) is 56.5 Å². The fourth-order valence-electron chi connectivity index (χ4n) is 2.81. The van der Waals surface area contributed by atoms with Crippen molar-refractivity contribution in [3.63, 3.8) is 0 Å². The van der Waals surface area contributed by atoms with Gasteiger partial charge < -0.3 is 14.5 Å². The normalized spacial score (nSPS) is 11.6. The van der Waals surface area contributed by atoms with Gasteiger partial charge >= 0.3 is 0 Å². The second-order valence-corrected chi connectivity index (χ2v) is 6.90. The first-order valence-electron chi connectivity index (χ1n) is 8.21. The SMILES string of the molecule is COc1cc2occ(C)c2cc1/C(C)=C/C(=O)Nc1cccc(SC)c1. The average Bonchev–Trinajstić information content (AvgIpc) is 3.00. The smallest absolute Gasteiger partial charge is 0.248 e. The number of nitrogens with one attached hydrogen (secondary N) is 1. The van der Waals surface area contributed by atoms with Crippen molar-refractivity contribution in [3.05, 3.63) is 59.9 Å². The highest BCUT2D eigenvalue weighted by Gasteiger charge is 2.12. The van der Waals surface area contributed by atoms with E-state index in [4.69, 9.17) is 9.15 Å². The van der Waals surface area contributed by atoms with Crippen LogP contribution in [0.15, 0.2) is 58.1 Å². The number of aryl methyl sites for hydroxylation is 1. The van der Waals surface area contributed by atoms with Gasteiger partial charge in [-0.2, -0.15) is 0 Å². The molecule has 0 saturated carbocycles. The first-order chi connectivity index (χ1) is 12.5. The van der Waals surface area contributed by atoms with Crippen molar-refractivity contribution in [2.45, 2.75) is 18.7 Å². The monoisotopic (exact) mass is 367 g/mol. The molecular weight excluding hydrogens is 346 g/mol. The second-order valence-electron chi connectivity index (χ2n) is 6.02. The Morgan fingerprint density at radius 3 is 2.81 bits per heavy atom. The van der Waals surface area contributed by atoms with Gasteiger partial charge in [0.1, 0.15) is 11.3 Å². The van der Waals surface area contributed by atoms with E-state index in [1.165, 1.54) is 0 Å². The number of rotatable bonds is 5. The van der Waals surface area contributed by atoms with E-state index >= 15 is 0 Å². The molecule has 0 saturated heterocycles. The van der Waals surface area contributed by atoms with Crippen molar-refractivity contribution < 1.29 is 13.9 Å². The Bertz CT molecular complexity index is 988. The number of hydrogen-bond acceptors (Lipinski definition) is 4. The minimum Gasteiger partial charge on any atom is -0.496 e. The molecule has 0 bridgehead atoms. The highest BCUT2D eigenvalue weighted by molar-refractivity contribution is 7.98. The Kier molecular flexibility index (Phi) is 5.38. The predicted octanol–water partition coefficient (Wildman–Crippen LogP) is 5.51. The number of ether oxygens (including phenoxy) is 1. The topological polar surface area (TPSA) is 51.5 Å². The zero-order valence-corrected chi connectivity index (χ0v) is 16.1. The van der Waals surface area contributed by atoms with Gasteiger partial charge in [0, 0.05) is 33.7 Å². The molecule has 0 spiro atoms. The van der Waals surface area contributed by atoms with Crippen molar-refractivity contribution in [2.24, 2.45) is 0 Å². The van der Waals surface area contributed by atoms with Crippen LogP contribution in [0, 0.1) is 6.92 Å². The van der Waals surface area contributed by atoms with Crippen molar-refractivity contribution in [1.29, 1.82) is 0 Å². The van der Waals surface area contributed by atoms with Gasteiger partial charge in [0.2, 0.25) is 5.91 Å². The molecule has 0 aliphatic rings. The van der Waals surface area contributed by atoms with Crippen LogP contribution in [0.25, 0.3) is 16.5 Å². The molecule has 1 amide bonds. The number of amides is 1. The number of methoxy groups -OCH3 is 1. The number of anilines is 1. The summed E-state index contributed by atoms with van der Waals surface area (Å²) < 4.78 is 11.0. The van der Waals surface area contributed by atoms with Gasteiger partial charge in [-0.1, -0.05) is 6.07 Å². The fraction of sp³-hybridized carbons (Fsp3) is 0.190. The predicted molar refractivity (Wildman–Crippen MR) is 108 cm³/mol. The minimum atomic E-state index is -0.174. The van der Waals surface area contributed by atoms with E-state index in [1.54, 1.807) is 31.2 Å². The number of fused-ring (bicyclic) bond motifs is 1. The summed E-state index contributed by atoms with van der Waals surface area (Å²) >= 11 is 1.64. The van der Waals surface area contributed by atoms with E-state index in [-0.39, 0.29) is 5.91 Å². The lowest BCUT2D eigenvalue weighted by Gasteiger charge is -2.10. The minimum absolute atomic E-state index is 0.174. The van der Waals surface area contributed by atoms with Gasteiger partial charge in [-0.15, -0.1) is 11.8 Å². The highest BCUT2D eigenvalue weighted by Crippen LogP contribution is 2.33. The van der Waals surface area contributed by atoms with E-state index in [9.17, 15) is 4.79 Å². The van der Waals surface area contributed by atoms with Crippen LogP contribution in [0.4, 0.5) is 5.69 Å². The number of benzene rings is 2.